The topological polar surface area (TPSA) is 50.8 Å². The highest BCUT2D eigenvalue weighted by molar-refractivity contribution is 5.95. The summed E-state index contributed by atoms with van der Waals surface area (Å²) in [4.78, 5) is 12.5. The number of anilines is 1. The van der Waals surface area contributed by atoms with Crippen molar-refractivity contribution in [1.82, 2.24) is 5.43 Å². The number of hydrogen-bond donors (Lipinski definition) is 1. The van der Waals surface area contributed by atoms with Crippen molar-refractivity contribution in [3.05, 3.63) is 53.6 Å². The fourth-order valence-corrected chi connectivity index (χ4v) is 2.24. The van der Waals surface area contributed by atoms with Gasteiger partial charge in [-0.25, -0.2) is 0 Å². The fraction of sp³-hybridized carbons (Fsp3) is 0.278. The van der Waals surface area contributed by atoms with Gasteiger partial charge in [0, 0.05) is 12.1 Å². The number of hydrazine groups is 1. The molecule has 7 heteroatoms. The minimum atomic E-state index is -2.97. The molecule has 2 rings (SSSR count). The zero-order valence-corrected chi connectivity index (χ0v) is 14.3. The predicted octanol–water partition coefficient (Wildman–Crippen LogP) is 3.78. The number of amides is 1. The Morgan fingerprint density at radius 3 is 2.40 bits per heavy atom. The first kappa shape index (κ1) is 18.5. The van der Waals surface area contributed by atoms with Gasteiger partial charge < -0.3 is 9.47 Å². The molecule has 1 N–H and O–H groups in total. The smallest absolute Gasteiger partial charge is 0.387 e. The molecule has 0 aliphatic heterocycles. The van der Waals surface area contributed by atoms with Crippen LogP contribution in [0.15, 0.2) is 42.5 Å². The molecule has 0 aliphatic rings. The number of halogens is 2. The average Bonchev–Trinajstić information content (AvgIpc) is 2.60. The average molecular weight is 350 g/mol. The second-order valence-corrected chi connectivity index (χ2v) is 5.26. The Bertz CT molecular complexity index is 721. The number of carbonyl (C=O) groups is 1. The molecule has 0 bridgehead atoms. The van der Waals surface area contributed by atoms with Crippen LogP contribution in [0.5, 0.6) is 11.5 Å². The van der Waals surface area contributed by atoms with Crippen molar-refractivity contribution in [3.8, 4) is 11.5 Å². The Labute approximate surface area is 145 Å². The largest absolute Gasteiger partial charge is 0.493 e. The SMILES string of the molecule is CCN(NC(=O)c1ccc(OC(F)F)c(OC)c1)c1ccc(C)cc1. The van der Waals surface area contributed by atoms with Crippen LogP contribution >= 0.6 is 0 Å². The van der Waals surface area contributed by atoms with Crippen LogP contribution in [0.1, 0.15) is 22.8 Å². The van der Waals surface area contributed by atoms with E-state index in [1.807, 2.05) is 38.1 Å². The van der Waals surface area contributed by atoms with E-state index in [9.17, 15) is 13.6 Å². The van der Waals surface area contributed by atoms with E-state index in [0.717, 1.165) is 11.3 Å². The summed E-state index contributed by atoms with van der Waals surface area (Å²) in [7, 11) is 1.32. The van der Waals surface area contributed by atoms with Gasteiger partial charge in [-0.15, -0.1) is 0 Å². The maximum absolute atomic E-state index is 12.5. The zero-order chi connectivity index (χ0) is 18.4. The maximum Gasteiger partial charge on any atom is 0.387 e. The number of carbonyl (C=O) groups excluding carboxylic acids is 1. The second kappa shape index (κ2) is 8.32. The molecule has 0 aromatic heterocycles. The van der Waals surface area contributed by atoms with Crippen molar-refractivity contribution in [2.24, 2.45) is 0 Å². The van der Waals surface area contributed by atoms with Gasteiger partial charge >= 0.3 is 6.61 Å². The van der Waals surface area contributed by atoms with Crippen molar-refractivity contribution in [2.45, 2.75) is 20.5 Å². The van der Waals surface area contributed by atoms with E-state index >= 15 is 0 Å². The number of nitrogens with one attached hydrogen (secondary N) is 1. The molecule has 0 saturated heterocycles. The van der Waals surface area contributed by atoms with Crippen molar-refractivity contribution >= 4 is 11.6 Å². The molecule has 0 radical (unpaired) electrons. The maximum atomic E-state index is 12.5. The summed E-state index contributed by atoms with van der Waals surface area (Å²) in [6.07, 6.45) is 0. The van der Waals surface area contributed by atoms with Crippen molar-refractivity contribution in [2.75, 3.05) is 18.7 Å². The summed E-state index contributed by atoms with van der Waals surface area (Å²) in [5, 5.41) is 1.69. The van der Waals surface area contributed by atoms with E-state index in [1.54, 1.807) is 5.01 Å². The van der Waals surface area contributed by atoms with Crippen molar-refractivity contribution in [3.63, 3.8) is 0 Å². The van der Waals surface area contributed by atoms with Crippen LogP contribution in [0.3, 0.4) is 0 Å². The number of benzene rings is 2. The molecule has 0 saturated carbocycles. The molecule has 1 amide bonds. The summed E-state index contributed by atoms with van der Waals surface area (Å²) >= 11 is 0. The molecule has 0 atom stereocenters. The molecule has 2 aromatic rings. The number of aryl methyl sites for hydroxylation is 1. The summed E-state index contributed by atoms with van der Waals surface area (Å²) in [6, 6.07) is 11.7. The van der Waals surface area contributed by atoms with Crippen LogP contribution in [0, 0.1) is 6.92 Å². The predicted molar refractivity (Wildman–Crippen MR) is 91.3 cm³/mol. The van der Waals surface area contributed by atoms with Gasteiger partial charge in [0.15, 0.2) is 11.5 Å². The normalized spacial score (nSPS) is 10.5. The number of alkyl halides is 2. The molecule has 25 heavy (non-hydrogen) atoms. The van der Waals surface area contributed by atoms with Gasteiger partial charge in [0.1, 0.15) is 0 Å². The summed E-state index contributed by atoms with van der Waals surface area (Å²) in [5.74, 6) is -0.449. The lowest BCUT2D eigenvalue weighted by atomic mass is 10.2. The number of hydrogen-bond acceptors (Lipinski definition) is 4. The van der Waals surface area contributed by atoms with E-state index in [1.165, 1.54) is 25.3 Å². The lowest BCUT2D eigenvalue weighted by Gasteiger charge is -2.24. The Kier molecular flexibility index (Phi) is 6.16. The molecular formula is C18H20F2N2O3. The van der Waals surface area contributed by atoms with Gasteiger partial charge in [-0.2, -0.15) is 8.78 Å². The Morgan fingerprint density at radius 1 is 1.16 bits per heavy atom. The summed E-state index contributed by atoms with van der Waals surface area (Å²) < 4.78 is 34.1. The quantitative estimate of drug-likeness (QED) is 0.772. The minimum Gasteiger partial charge on any atom is -0.493 e. The Morgan fingerprint density at radius 2 is 1.84 bits per heavy atom. The molecule has 0 spiro atoms. The third kappa shape index (κ3) is 4.82. The highest BCUT2D eigenvalue weighted by Gasteiger charge is 2.16. The third-order valence-corrected chi connectivity index (χ3v) is 3.54. The molecule has 2 aromatic carbocycles. The highest BCUT2D eigenvalue weighted by atomic mass is 19.3. The molecule has 134 valence electrons. The van der Waals surface area contributed by atoms with Crippen LogP contribution in [0.25, 0.3) is 0 Å². The standard InChI is InChI=1S/C18H20F2N2O3/c1-4-22(14-8-5-12(2)6-9-14)21-17(23)13-7-10-15(25-18(19)20)16(11-13)24-3/h5-11,18H,4H2,1-3H3,(H,21,23). The molecule has 0 unspecified atom stereocenters. The molecule has 0 fully saturated rings. The first-order valence-corrected chi connectivity index (χ1v) is 7.72. The number of methoxy groups -OCH3 is 1. The molecule has 5 nitrogen and oxygen atoms in total. The highest BCUT2D eigenvalue weighted by Crippen LogP contribution is 2.29. The Balaban J connectivity index is 2.17. The molecular weight excluding hydrogens is 330 g/mol. The lowest BCUT2D eigenvalue weighted by Crippen LogP contribution is -2.42. The number of rotatable bonds is 7. The van der Waals surface area contributed by atoms with Crippen LogP contribution < -0.4 is 19.9 Å². The van der Waals surface area contributed by atoms with Gasteiger partial charge in [0.05, 0.1) is 12.8 Å². The molecule has 0 heterocycles. The number of nitrogens with zero attached hydrogens (tertiary/aromatic N) is 1. The van der Waals surface area contributed by atoms with Gasteiger partial charge in [0.2, 0.25) is 0 Å². The van der Waals surface area contributed by atoms with Crippen molar-refractivity contribution in [1.29, 1.82) is 0 Å². The van der Waals surface area contributed by atoms with E-state index in [2.05, 4.69) is 10.2 Å². The van der Waals surface area contributed by atoms with E-state index in [-0.39, 0.29) is 23.0 Å². The van der Waals surface area contributed by atoms with Crippen LogP contribution in [-0.2, 0) is 0 Å². The van der Waals surface area contributed by atoms with Crippen LogP contribution in [-0.4, -0.2) is 26.2 Å². The van der Waals surface area contributed by atoms with Crippen LogP contribution in [0.4, 0.5) is 14.5 Å². The summed E-state index contributed by atoms with van der Waals surface area (Å²) in [6.45, 7) is 1.47. The van der Waals surface area contributed by atoms with E-state index in [0.29, 0.717) is 6.54 Å². The Hall–Kier alpha value is -2.83. The van der Waals surface area contributed by atoms with Gasteiger partial charge in [-0.05, 0) is 44.2 Å². The monoisotopic (exact) mass is 350 g/mol. The third-order valence-electron chi connectivity index (χ3n) is 3.54. The van der Waals surface area contributed by atoms with E-state index in [4.69, 9.17) is 4.74 Å². The zero-order valence-electron chi connectivity index (χ0n) is 14.3. The first-order chi connectivity index (χ1) is 11.9. The van der Waals surface area contributed by atoms with Gasteiger partial charge in [-0.1, -0.05) is 17.7 Å². The fourth-order valence-electron chi connectivity index (χ4n) is 2.24. The lowest BCUT2D eigenvalue weighted by molar-refractivity contribution is -0.0512. The van der Waals surface area contributed by atoms with Gasteiger partial charge in [0.25, 0.3) is 5.91 Å². The molecule has 0 aliphatic carbocycles. The first-order valence-electron chi connectivity index (χ1n) is 7.72. The van der Waals surface area contributed by atoms with Crippen LogP contribution in [0.2, 0.25) is 0 Å². The summed E-state index contributed by atoms with van der Waals surface area (Å²) in [5.41, 5.74) is 5.00. The number of ether oxygens (including phenoxy) is 2. The minimum absolute atomic E-state index is 0.0614. The van der Waals surface area contributed by atoms with E-state index < -0.39 is 6.61 Å². The van der Waals surface area contributed by atoms with Gasteiger partial charge in [-0.3, -0.25) is 15.2 Å². The van der Waals surface area contributed by atoms with Crippen molar-refractivity contribution < 1.29 is 23.0 Å². The second-order valence-electron chi connectivity index (χ2n) is 5.26.